The van der Waals surface area contributed by atoms with Crippen molar-refractivity contribution in [2.24, 2.45) is 5.92 Å². The van der Waals surface area contributed by atoms with Gasteiger partial charge in [-0.3, -0.25) is 9.59 Å². The van der Waals surface area contributed by atoms with Crippen molar-refractivity contribution in [1.82, 2.24) is 0 Å². The summed E-state index contributed by atoms with van der Waals surface area (Å²) in [6, 6.07) is 5.41. The van der Waals surface area contributed by atoms with Crippen molar-refractivity contribution in [1.29, 1.82) is 0 Å². The molecule has 0 bridgehead atoms. The van der Waals surface area contributed by atoms with Gasteiger partial charge in [-0.1, -0.05) is 26.0 Å². The Morgan fingerprint density at radius 1 is 1.10 bits per heavy atom. The molecule has 0 aromatic heterocycles. The van der Waals surface area contributed by atoms with Gasteiger partial charge in [0.1, 0.15) is 0 Å². The first-order valence-electron chi connectivity index (χ1n) is 6.26. The van der Waals surface area contributed by atoms with E-state index in [0.29, 0.717) is 12.0 Å². The fraction of sp³-hybridized carbons (Fsp3) is 0.429. The molecule has 0 aliphatic rings. The minimum atomic E-state index is -3.91. The molecule has 1 atom stereocenters. The number of ketones is 1. The van der Waals surface area contributed by atoms with Crippen LogP contribution in [0.4, 0.5) is 0 Å². The first-order valence-corrected chi connectivity index (χ1v) is 7.81. The number of Topliss-reactive ketones (excluding diaryl/α,β-unsaturated/α-hetero) is 1. The smallest absolute Gasteiger partial charge is 0.321 e. The second-order valence-corrected chi connectivity index (χ2v) is 7.34. The Morgan fingerprint density at radius 3 is 2.00 bits per heavy atom. The third kappa shape index (κ3) is 3.66. The molecule has 0 fully saturated rings. The highest BCUT2D eigenvalue weighted by Gasteiger charge is 2.29. The van der Waals surface area contributed by atoms with E-state index in [0.717, 1.165) is 6.92 Å². The van der Waals surface area contributed by atoms with Gasteiger partial charge in [-0.15, -0.1) is 0 Å². The zero-order valence-electron chi connectivity index (χ0n) is 11.7. The number of carbonyl (C=O) groups excluding carboxylic acids is 1. The van der Waals surface area contributed by atoms with Gasteiger partial charge in [-0.2, -0.15) is 0 Å². The highest BCUT2D eigenvalue weighted by atomic mass is 32.2. The number of benzene rings is 1. The van der Waals surface area contributed by atoms with E-state index in [9.17, 15) is 18.0 Å². The fourth-order valence-corrected chi connectivity index (χ4v) is 2.85. The molecule has 1 aromatic carbocycles. The lowest BCUT2D eigenvalue weighted by molar-refractivity contribution is -0.136. The molecule has 6 heteroatoms. The maximum atomic E-state index is 12.0. The number of aliphatic carboxylic acids is 1. The number of hydrogen-bond donors (Lipinski definition) is 1. The molecule has 1 aromatic rings. The number of hydrogen-bond acceptors (Lipinski definition) is 4. The summed E-state index contributed by atoms with van der Waals surface area (Å²) in [6.07, 6.45) is 0.387. The molecule has 5 nitrogen and oxygen atoms in total. The molecule has 1 unspecified atom stereocenters. The molecule has 0 radical (unpaired) electrons. The van der Waals surface area contributed by atoms with Gasteiger partial charge in [0.15, 0.2) is 20.9 Å². The summed E-state index contributed by atoms with van der Waals surface area (Å²) in [4.78, 5) is 22.5. The van der Waals surface area contributed by atoms with E-state index >= 15 is 0 Å². The lowest BCUT2D eigenvalue weighted by Gasteiger charge is -2.09. The molecule has 0 aliphatic carbocycles. The van der Waals surface area contributed by atoms with Crippen molar-refractivity contribution in [2.45, 2.75) is 37.3 Å². The maximum Gasteiger partial charge on any atom is 0.321 e. The average Bonchev–Trinajstić information content (AvgIpc) is 2.37. The summed E-state index contributed by atoms with van der Waals surface area (Å²) in [6.45, 7) is 4.96. The van der Waals surface area contributed by atoms with Crippen LogP contribution in [-0.4, -0.2) is 30.5 Å². The Hall–Kier alpha value is -1.69. The summed E-state index contributed by atoms with van der Waals surface area (Å²) in [5.74, 6) is -1.24. The van der Waals surface area contributed by atoms with Crippen molar-refractivity contribution >= 4 is 21.6 Å². The van der Waals surface area contributed by atoms with Crippen LogP contribution in [0.25, 0.3) is 0 Å². The molecule has 0 spiro atoms. The van der Waals surface area contributed by atoms with Crippen molar-refractivity contribution in [3.05, 3.63) is 29.8 Å². The quantitative estimate of drug-likeness (QED) is 0.813. The Balaban J connectivity index is 3.03. The van der Waals surface area contributed by atoms with Gasteiger partial charge in [0.2, 0.25) is 0 Å². The van der Waals surface area contributed by atoms with Crippen LogP contribution in [0.1, 0.15) is 37.6 Å². The zero-order valence-corrected chi connectivity index (χ0v) is 12.5. The predicted molar refractivity (Wildman–Crippen MR) is 74.5 cm³/mol. The highest BCUT2D eigenvalue weighted by Crippen LogP contribution is 2.18. The molecule has 0 saturated heterocycles. The number of carbonyl (C=O) groups is 2. The molecule has 0 saturated carbocycles. The molecular weight excluding hydrogens is 280 g/mol. The van der Waals surface area contributed by atoms with Crippen LogP contribution in [-0.2, 0) is 14.6 Å². The van der Waals surface area contributed by atoms with E-state index in [1.54, 1.807) is 0 Å². The van der Waals surface area contributed by atoms with Crippen molar-refractivity contribution in [3.63, 3.8) is 0 Å². The molecule has 110 valence electrons. The van der Waals surface area contributed by atoms with Crippen LogP contribution in [0.2, 0.25) is 0 Å². The number of carboxylic acid groups (broad SMARTS) is 1. The van der Waals surface area contributed by atoms with Crippen LogP contribution in [0, 0.1) is 5.92 Å². The van der Waals surface area contributed by atoms with Gasteiger partial charge in [0.05, 0.1) is 4.90 Å². The molecule has 20 heavy (non-hydrogen) atoms. The van der Waals surface area contributed by atoms with Crippen LogP contribution < -0.4 is 0 Å². The second-order valence-electron chi connectivity index (χ2n) is 5.07. The Bertz CT molecular complexity index is 599. The monoisotopic (exact) mass is 298 g/mol. The number of carboxylic acids is 1. The fourth-order valence-electron chi connectivity index (χ4n) is 1.66. The van der Waals surface area contributed by atoms with Crippen molar-refractivity contribution in [2.75, 3.05) is 0 Å². The van der Waals surface area contributed by atoms with E-state index < -0.39 is 21.1 Å². The minimum Gasteiger partial charge on any atom is -0.480 e. The minimum absolute atomic E-state index is 0.0600. The lowest BCUT2D eigenvalue weighted by atomic mass is 10.0. The summed E-state index contributed by atoms with van der Waals surface area (Å²) in [5.41, 5.74) is 0.431. The molecule has 1 N–H and O–H groups in total. The Labute approximate surface area is 118 Å². The highest BCUT2D eigenvalue weighted by molar-refractivity contribution is 7.92. The first kappa shape index (κ1) is 16.4. The van der Waals surface area contributed by atoms with E-state index in [4.69, 9.17) is 5.11 Å². The predicted octanol–water partition coefficient (Wildman–Crippen LogP) is 2.16. The van der Waals surface area contributed by atoms with Gasteiger partial charge in [0, 0.05) is 12.0 Å². The molecule has 1 rings (SSSR count). The van der Waals surface area contributed by atoms with Crippen LogP contribution in [0.3, 0.4) is 0 Å². The molecule has 0 amide bonds. The third-order valence-electron chi connectivity index (χ3n) is 2.91. The molecular formula is C14H18O5S. The van der Waals surface area contributed by atoms with E-state index in [1.807, 2.05) is 13.8 Å². The number of sulfone groups is 1. The van der Waals surface area contributed by atoms with Gasteiger partial charge in [-0.05, 0) is 25.0 Å². The number of rotatable bonds is 6. The largest absolute Gasteiger partial charge is 0.480 e. The normalized spacial score (nSPS) is 13.2. The van der Waals surface area contributed by atoms with Gasteiger partial charge in [0.25, 0.3) is 0 Å². The summed E-state index contributed by atoms with van der Waals surface area (Å²) in [7, 11) is -3.91. The summed E-state index contributed by atoms with van der Waals surface area (Å²) in [5, 5.41) is 7.27. The summed E-state index contributed by atoms with van der Waals surface area (Å²) >= 11 is 0. The SMILES string of the molecule is CC(C)CC(=O)c1ccc(S(=O)(=O)C(C)C(=O)O)cc1. The Kier molecular flexibility index (Phi) is 5.05. The van der Waals surface area contributed by atoms with Crippen LogP contribution in [0.15, 0.2) is 29.2 Å². The first-order chi connectivity index (χ1) is 9.16. The topological polar surface area (TPSA) is 88.5 Å². The van der Waals surface area contributed by atoms with Crippen LogP contribution >= 0.6 is 0 Å². The average molecular weight is 298 g/mol. The third-order valence-corrected chi connectivity index (χ3v) is 4.97. The summed E-state index contributed by atoms with van der Waals surface area (Å²) < 4.78 is 23.9. The van der Waals surface area contributed by atoms with E-state index in [2.05, 4.69) is 0 Å². The van der Waals surface area contributed by atoms with E-state index in [-0.39, 0.29) is 16.6 Å². The molecule has 0 heterocycles. The maximum absolute atomic E-state index is 12.0. The van der Waals surface area contributed by atoms with Gasteiger partial charge < -0.3 is 5.11 Å². The molecule has 0 aliphatic heterocycles. The van der Waals surface area contributed by atoms with Gasteiger partial charge in [-0.25, -0.2) is 8.42 Å². The van der Waals surface area contributed by atoms with Gasteiger partial charge >= 0.3 is 5.97 Å². The van der Waals surface area contributed by atoms with Crippen LogP contribution in [0.5, 0.6) is 0 Å². The lowest BCUT2D eigenvalue weighted by Crippen LogP contribution is -2.26. The van der Waals surface area contributed by atoms with Crippen molar-refractivity contribution < 1.29 is 23.1 Å². The Morgan fingerprint density at radius 2 is 1.60 bits per heavy atom. The van der Waals surface area contributed by atoms with Crippen molar-refractivity contribution in [3.8, 4) is 0 Å². The standard InChI is InChI=1S/C14H18O5S/c1-9(2)8-13(15)11-4-6-12(7-5-11)20(18,19)10(3)14(16)17/h4-7,9-10H,8H2,1-3H3,(H,16,17). The second kappa shape index (κ2) is 6.17. The zero-order chi connectivity index (χ0) is 15.5. The van der Waals surface area contributed by atoms with E-state index in [1.165, 1.54) is 24.3 Å².